The summed E-state index contributed by atoms with van der Waals surface area (Å²) < 4.78 is 5.33. The Labute approximate surface area is 207 Å². The van der Waals surface area contributed by atoms with Gasteiger partial charge < -0.3 is 20.3 Å². The van der Waals surface area contributed by atoms with Crippen LogP contribution in [0.4, 0.5) is 11.8 Å². The fourth-order valence-corrected chi connectivity index (χ4v) is 5.09. The van der Waals surface area contributed by atoms with Crippen LogP contribution in [0, 0.1) is 5.92 Å². The fraction of sp³-hybridized carbons (Fsp3) is 0.379. The number of rotatable bonds is 8. The topological polar surface area (TPSA) is 62.3 Å². The highest BCUT2D eigenvalue weighted by Gasteiger charge is 2.22. The molecule has 0 radical (unpaired) electrons. The molecule has 2 N–H and O–H groups in total. The molecule has 35 heavy (non-hydrogen) atoms. The lowest BCUT2D eigenvalue weighted by Crippen LogP contribution is -2.31. The van der Waals surface area contributed by atoms with Crippen LogP contribution in [0.15, 0.2) is 60.7 Å². The molecule has 1 aliphatic rings. The molecule has 0 aliphatic heterocycles. The lowest BCUT2D eigenvalue weighted by molar-refractivity contribution is 0.324. The van der Waals surface area contributed by atoms with E-state index in [4.69, 9.17) is 14.7 Å². The minimum atomic E-state index is 0.430. The van der Waals surface area contributed by atoms with E-state index in [-0.39, 0.29) is 0 Å². The summed E-state index contributed by atoms with van der Waals surface area (Å²) >= 11 is 0. The van der Waals surface area contributed by atoms with Crippen molar-refractivity contribution in [1.82, 2.24) is 15.3 Å². The molecule has 6 heteroatoms. The summed E-state index contributed by atoms with van der Waals surface area (Å²) in [6.45, 7) is 1.96. The van der Waals surface area contributed by atoms with Crippen molar-refractivity contribution in [3.8, 4) is 5.75 Å². The summed E-state index contributed by atoms with van der Waals surface area (Å²) in [5.41, 5.74) is 2.31. The molecule has 1 heterocycles. The largest absolute Gasteiger partial charge is 0.497 e. The van der Waals surface area contributed by atoms with Gasteiger partial charge in [-0.05, 0) is 84.8 Å². The van der Waals surface area contributed by atoms with Crippen LogP contribution in [-0.4, -0.2) is 43.8 Å². The van der Waals surface area contributed by atoms with E-state index in [1.54, 1.807) is 7.11 Å². The number of nitrogens with zero attached hydrogens (tertiary/aromatic N) is 3. The average molecular weight is 470 g/mol. The first-order chi connectivity index (χ1) is 17.1. The van der Waals surface area contributed by atoms with Gasteiger partial charge in [0.25, 0.3) is 0 Å². The number of hydrogen-bond donors (Lipinski definition) is 2. The number of ether oxygens (including phenoxy) is 1. The van der Waals surface area contributed by atoms with Gasteiger partial charge in [-0.15, -0.1) is 0 Å². The first-order valence-corrected chi connectivity index (χ1v) is 12.6. The highest BCUT2D eigenvalue weighted by atomic mass is 16.5. The molecular formula is C29H35N5O. The number of benzene rings is 3. The molecular weight excluding hydrogens is 434 g/mol. The summed E-state index contributed by atoms with van der Waals surface area (Å²) in [6, 6.07) is 21.6. The molecule has 0 saturated heterocycles. The Morgan fingerprint density at radius 3 is 2.49 bits per heavy atom. The van der Waals surface area contributed by atoms with Crippen LogP contribution in [0.25, 0.3) is 21.7 Å². The van der Waals surface area contributed by atoms with Gasteiger partial charge in [0.2, 0.25) is 5.95 Å². The standard InChI is InChI=1S/C29H35N5O/c1-34(2)28-26-6-4-5-7-27(26)32-29(33-28)31-24-13-9-20(10-14-24)18-30-19-21-8-11-23-17-25(35-3)15-12-22(23)16-21/h4-8,11-12,15-17,20,24,30H,9-10,13-14,18-19H2,1-3H3,(H,31,32,33)/t20-,24+. The van der Waals surface area contributed by atoms with Crippen molar-refractivity contribution in [1.29, 1.82) is 0 Å². The highest BCUT2D eigenvalue weighted by molar-refractivity contribution is 5.90. The Balaban J connectivity index is 1.12. The molecule has 1 saturated carbocycles. The van der Waals surface area contributed by atoms with Gasteiger partial charge in [0.15, 0.2) is 0 Å². The molecule has 0 unspecified atom stereocenters. The molecule has 1 aromatic heterocycles. The second-order valence-corrected chi connectivity index (χ2v) is 9.82. The number of nitrogens with one attached hydrogen (secondary N) is 2. The van der Waals surface area contributed by atoms with Crippen LogP contribution in [-0.2, 0) is 6.54 Å². The van der Waals surface area contributed by atoms with E-state index < -0.39 is 0 Å². The maximum Gasteiger partial charge on any atom is 0.225 e. The van der Waals surface area contributed by atoms with E-state index in [9.17, 15) is 0 Å². The zero-order valence-corrected chi connectivity index (χ0v) is 20.9. The third-order valence-corrected chi connectivity index (χ3v) is 7.06. The van der Waals surface area contributed by atoms with Crippen molar-refractivity contribution in [3.63, 3.8) is 0 Å². The molecule has 0 bridgehead atoms. The van der Waals surface area contributed by atoms with Crippen molar-refractivity contribution >= 4 is 33.4 Å². The number of methoxy groups -OCH3 is 1. The van der Waals surface area contributed by atoms with Crippen LogP contribution in [0.5, 0.6) is 5.75 Å². The van der Waals surface area contributed by atoms with Crippen LogP contribution < -0.4 is 20.3 Å². The van der Waals surface area contributed by atoms with E-state index >= 15 is 0 Å². The average Bonchev–Trinajstić information content (AvgIpc) is 2.89. The molecule has 4 aromatic rings. The zero-order valence-electron chi connectivity index (χ0n) is 20.9. The third kappa shape index (κ3) is 5.49. The molecule has 0 spiro atoms. The highest BCUT2D eigenvalue weighted by Crippen LogP contribution is 2.28. The Kier molecular flexibility index (Phi) is 7.00. The summed E-state index contributed by atoms with van der Waals surface area (Å²) in [4.78, 5) is 11.6. The van der Waals surface area contributed by atoms with Crippen LogP contribution in [0.1, 0.15) is 31.2 Å². The maximum atomic E-state index is 5.33. The monoisotopic (exact) mass is 469 g/mol. The third-order valence-electron chi connectivity index (χ3n) is 7.06. The van der Waals surface area contributed by atoms with Gasteiger partial charge in [0.1, 0.15) is 11.6 Å². The summed E-state index contributed by atoms with van der Waals surface area (Å²) in [5, 5.41) is 10.9. The summed E-state index contributed by atoms with van der Waals surface area (Å²) in [6.07, 6.45) is 4.74. The Bertz CT molecular complexity index is 1300. The fourth-order valence-electron chi connectivity index (χ4n) is 5.09. The number of para-hydroxylation sites is 1. The Hall–Kier alpha value is -3.38. The van der Waals surface area contributed by atoms with E-state index in [0.717, 1.165) is 54.3 Å². The van der Waals surface area contributed by atoms with E-state index in [0.29, 0.717) is 12.0 Å². The lowest BCUT2D eigenvalue weighted by atomic mass is 9.86. The molecule has 3 aromatic carbocycles. The number of fused-ring (bicyclic) bond motifs is 2. The van der Waals surface area contributed by atoms with E-state index in [1.807, 2.05) is 32.3 Å². The van der Waals surface area contributed by atoms with Crippen LogP contribution in [0.2, 0.25) is 0 Å². The van der Waals surface area contributed by atoms with Gasteiger partial charge in [0, 0.05) is 32.1 Å². The van der Waals surface area contributed by atoms with Gasteiger partial charge in [0.05, 0.1) is 12.6 Å². The van der Waals surface area contributed by atoms with Crippen LogP contribution >= 0.6 is 0 Å². The second kappa shape index (κ2) is 10.5. The molecule has 182 valence electrons. The first-order valence-electron chi connectivity index (χ1n) is 12.6. The van der Waals surface area contributed by atoms with Gasteiger partial charge in [-0.3, -0.25) is 0 Å². The van der Waals surface area contributed by atoms with E-state index in [1.165, 1.54) is 29.2 Å². The van der Waals surface area contributed by atoms with Crippen molar-refractivity contribution in [2.45, 2.75) is 38.3 Å². The molecule has 0 amide bonds. The Morgan fingerprint density at radius 1 is 0.914 bits per heavy atom. The number of hydrogen-bond acceptors (Lipinski definition) is 6. The SMILES string of the molecule is COc1ccc2cc(CNC[C@H]3CC[C@@H](Nc4nc(N(C)C)c5ccccc5n4)CC3)ccc2c1. The Morgan fingerprint density at radius 2 is 1.69 bits per heavy atom. The van der Waals surface area contributed by atoms with Crippen molar-refractivity contribution < 1.29 is 4.74 Å². The minimum Gasteiger partial charge on any atom is -0.497 e. The van der Waals surface area contributed by atoms with Gasteiger partial charge in [-0.2, -0.15) is 4.98 Å². The normalized spacial score (nSPS) is 18.0. The first kappa shape index (κ1) is 23.4. The number of anilines is 2. The van der Waals surface area contributed by atoms with Crippen LogP contribution in [0.3, 0.4) is 0 Å². The second-order valence-electron chi connectivity index (χ2n) is 9.82. The van der Waals surface area contributed by atoms with Gasteiger partial charge >= 0.3 is 0 Å². The predicted octanol–water partition coefficient (Wildman–Crippen LogP) is 5.62. The van der Waals surface area contributed by atoms with Crippen molar-refractivity contribution in [3.05, 3.63) is 66.2 Å². The predicted molar refractivity (Wildman–Crippen MR) is 145 cm³/mol. The zero-order chi connectivity index (χ0) is 24.2. The molecule has 0 atom stereocenters. The molecule has 1 aliphatic carbocycles. The van der Waals surface area contributed by atoms with Gasteiger partial charge in [-0.1, -0.05) is 30.3 Å². The summed E-state index contributed by atoms with van der Waals surface area (Å²) in [7, 11) is 5.78. The quantitative estimate of drug-likeness (QED) is 0.349. The van der Waals surface area contributed by atoms with Crippen molar-refractivity contribution in [2.24, 2.45) is 5.92 Å². The maximum absolute atomic E-state index is 5.33. The summed E-state index contributed by atoms with van der Waals surface area (Å²) in [5.74, 6) is 3.32. The smallest absolute Gasteiger partial charge is 0.225 e. The number of aromatic nitrogens is 2. The molecule has 5 rings (SSSR count). The van der Waals surface area contributed by atoms with Gasteiger partial charge in [-0.25, -0.2) is 4.98 Å². The van der Waals surface area contributed by atoms with E-state index in [2.05, 4.69) is 58.0 Å². The molecule has 6 nitrogen and oxygen atoms in total. The molecule has 1 fully saturated rings. The van der Waals surface area contributed by atoms with Crippen molar-refractivity contribution in [2.75, 3.05) is 38.0 Å². The lowest BCUT2D eigenvalue weighted by Gasteiger charge is -2.29. The minimum absolute atomic E-state index is 0.430.